The molecule has 0 amide bonds. The van der Waals surface area contributed by atoms with E-state index in [-0.39, 0.29) is 12.2 Å². The average Bonchev–Trinajstić information content (AvgIpc) is 3.30. The van der Waals surface area contributed by atoms with Crippen LogP contribution in [0.1, 0.15) is 29.2 Å². The molecule has 0 aliphatic rings. The summed E-state index contributed by atoms with van der Waals surface area (Å²) in [5.41, 5.74) is 5.55. The number of hydrogen-bond acceptors (Lipinski definition) is 5. The van der Waals surface area contributed by atoms with Crippen molar-refractivity contribution < 1.29 is 9.47 Å². The van der Waals surface area contributed by atoms with Crippen molar-refractivity contribution >= 4 is 56.6 Å². The molecule has 5 rings (SSSR count). The Bertz CT molecular complexity index is 1690. The van der Waals surface area contributed by atoms with Gasteiger partial charge in [-0.15, -0.1) is 0 Å². The van der Waals surface area contributed by atoms with Gasteiger partial charge in [-0.3, -0.25) is 4.79 Å². The van der Waals surface area contributed by atoms with E-state index in [1.54, 1.807) is 16.5 Å². The molecule has 0 saturated heterocycles. The summed E-state index contributed by atoms with van der Waals surface area (Å²) in [6.45, 7) is 6.75. The summed E-state index contributed by atoms with van der Waals surface area (Å²) in [5, 5.41) is 1.12. The molecule has 0 N–H and O–H groups in total. The van der Waals surface area contributed by atoms with Gasteiger partial charge in [-0.25, -0.2) is 9.38 Å². The van der Waals surface area contributed by atoms with E-state index in [4.69, 9.17) is 32.7 Å². The van der Waals surface area contributed by atoms with Crippen LogP contribution < -0.4 is 19.6 Å². The minimum Gasteiger partial charge on any atom is -0.490 e. The minimum absolute atomic E-state index is 0.0774. The molecule has 0 atom stereocenters. The van der Waals surface area contributed by atoms with Crippen LogP contribution in [-0.4, -0.2) is 16.0 Å². The van der Waals surface area contributed by atoms with Gasteiger partial charge in [0.15, 0.2) is 16.5 Å². The Morgan fingerprint density at radius 2 is 1.80 bits per heavy atom. The zero-order valence-corrected chi connectivity index (χ0v) is 21.7. The molecule has 0 radical (unpaired) electrons. The highest BCUT2D eigenvalue weighted by molar-refractivity contribution is 7.15. The maximum atomic E-state index is 13.2. The van der Waals surface area contributed by atoms with Gasteiger partial charge in [-0.2, -0.15) is 0 Å². The number of aromatic nitrogens is 2. The summed E-state index contributed by atoms with van der Waals surface area (Å²) in [5.74, 6) is 1.19. The van der Waals surface area contributed by atoms with Crippen LogP contribution >= 0.6 is 34.5 Å². The Hall–Kier alpha value is -3.06. The van der Waals surface area contributed by atoms with E-state index in [9.17, 15) is 4.79 Å². The van der Waals surface area contributed by atoms with Crippen molar-refractivity contribution in [3.63, 3.8) is 0 Å². The van der Waals surface area contributed by atoms with Gasteiger partial charge >= 0.3 is 0 Å². The van der Waals surface area contributed by atoms with Crippen molar-refractivity contribution in [2.24, 2.45) is 0 Å². The van der Waals surface area contributed by atoms with E-state index in [1.165, 1.54) is 11.3 Å². The first-order valence-electron chi connectivity index (χ1n) is 11.1. The van der Waals surface area contributed by atoms with Crippen LogP contribution in [0.2, 0.25) is 10.0 Å². The molecule has 3 aromatic carbocycles. The zero-order valence-electron chi connectivity index (χ0n) is 19.4. The van der Waals surface area contributed by atoms with Gasteiger partial charge in [0.1, 0.15) is 6.61 Å². The van der Waals surface area contributed by atoms with Crippen molar-refractivity contribution in [2.75, 3.05) is 6.61 Å². The summed E-state index contributed by atoms with van der Waals surface area (Å²) >= 11 is 13.6. The quantitative estimate of drug-likeness (QED) is 0.259. The smallest absolute Gasteiger partial charge is 0.274 e. The highest BCUT2D eigenvalue weighted by Gasteiger charge is 2.13. The molecule has 0 aliphatic carbocycles. The first-order chi connectivity index (χ1) is 16.8. The van der Waals surface area contributed by atoms with Crippen LogP contribution in [0.3, 0.4) is 0 Å². The zero-order chi connectivity index (χ0) is 24.7. The van der Waals surface area contributed by atoms with Crippen LogP contribution in [0.15, 0.2) is 53.3 Å². The summed E-state index contributed by atoms with van der Waals surface area (Å²) in [6.07, 6.45) is 1.86. The molecule has 0 spiro atoms. The maximum Gasteiger partial charge on any atom is 0.274 e. The van der Waals surface area contributed by atoms with Gasteiger partial charge < -0.3 is 9.47 Å². The monoisotopic (exact) mass is 524 g/mol. The molecule has 5 nitrogen and oxygen atoms in total. The second-order valence-corrected chi connectivity index (χ2v) is 10.1. The summed E-state index contributed by atoms with van der Waals surface area (Å²) in [4.78, 5) is 18.6. The predicted octanol–water partition coefficient (Wildman–Crippen LogP) is 6.36. The van der Waals surface area contributed by atoms with Crippen LogP contribution in [0.5, 0.6) is 11.5 Å². The summed E-state index contributed by atoms with van der Waals surface area (Å²) < 4.78 is 14.1. The number of rotatable bonds is 6. The van der Waals surface area contributed by atoms with Gasteiger partial charge in [0.25, 0.3) is 5.56 Å². The van der Waals surface area contributed by atoms with Crippen LogP contribution in [-0.2, 0) is 6.61 Å². The number of hydrogen-bond donors (Lipinski definition) is 0. The third kappa shape index (κ3) is 4.61. The van der Waals surface area contributed by atoms with Crippen LogP contribution in [0, 0.1) is 13.8 Å². The van der Waals surface area contributed by atoms with Crippen molar-refractivity contribution in [3.05, 3.63) is 95.7 Å². The first kappa shape index (κ1) is 23.7. The first-order valence-corrected chi connectivity index (χ1v) is 12.7. The Labute approximate surface area is 216 Å². The van der Waals surface area contributed by atoms with Crippen molar-refractivity contribution in [1.82, 2.24) is 9.38 Å². The lowest BCUT2D eigenvalue weighted by atomic mass is 10.1. The standard InChI is InChI=1S/C27H22Cl2N2O3S/c1-4-33-24-11-17(5-8-23(24)34-14-18-6-7-19(28)13-20(18)29)12-25-26(32)31-22-10-16(3)15(2)9-21(22)30-27(31)35-25/h5-13H,4,14H2,1-3H3/b25-12-. The summed E-state index contributed by atoms with van der Waals surface area (Å²) in [7, 11) is 0. The molecule has 35 heavy (non-hydrogen) atoms. The number of imidazole rings is 1. The topological polar surface area (TPSA) is 52.8 Å². The number of thiazole rings is 1. The molecule has 2 aromatic heterocycles. The fourth-order valence-corrected chi connectivity index (χ4v) is 5.32. The van der Waals surface area contributed by atoms with E-state index < -0.39 is 0 Å². The molecule has 0 unspecified atom stereocenters. The lowest BCUT2D eigenvalue weighted by Crippen LogP contribution is -2.22. The fraction of sp³-hybridized carbons (Fsp3) is 0.185. The summed E-state index contributed by atoms with van der Waals surface area (Å²) in [6, 6.07) is 15.0. The van der Waals surface area contributed by atoms with E-state index in [0.717, 1.165) is 33.3 Å². The average molecular weight is 525 g/mol. The highest BCUT2D eigenvalue weighted by atomic mass is 35.5. The Balaban J connectivity index is 1.49. The number of aryl methyl sites for hydroxylation is 2. The van der Waals surface area contributed by atoms with Crippen LogP contribution in [0.4, 0.5) is 0 Å². The van der Waals surface area contributed by atoms with Gasteiger partial charge in [0.05, 0.1) is 22.2 Å². The number of ether oxygens (including phenoxy) is 2. The Kier molecular flexibility index (Phi) is 6.45. The minimum atomic E-state index is -0.0774. The Morgan fingerprint density at radius 3 is 2.57 bits per heavy atom. The third-order valence-corrected chi connectivity index (χ3v) is 7.37. The van der Waals surface area contributed by atoms with Crippen molar-refractivity contribution in [1.29, 1.82) is 0 Å². The SMILES string of the molecule is CCOc1cc(/C=c2\sc3nc4cc(C)c(C)cc4n3c2=O)ccc1OCc1ccc(Cl)cc1Cl. The number of fused-ring (bicyclic) bond motifs is 3. The fourth-order valence-electron chi connectivity index (χ4n) is 3.87. The van der Waals surface area contributed by atoms with E-state index >= 15 is 0 Å². The van der Waals surface area contributed by atoms with E-state index in [0.29, 0.717) is 37.6 Å². The van der Waals surface area contributed by atoms with Crippen molar-refractivity contribution in [3.8, 4) is 11.5 Å². The van der Waals surface area contributed by atoms with Crippen LogP contribution in [0.25, 0.3) is 22.1 Å². The molecule has 0 fully saturated rings. The van der Waals surface area contributed by atoms with Gasteiger partial charge in [0.2, 0.25) is 0 Å². The Morgan fingerprint density at radius 1 is 1.00 bits per heavy atom. The maximum absolute atomic E-state index is 13.2. The molecule has 5 aromatic rings. The highest BCUT2D eigenvalue weighted by Crippen LogP contribution is 2.31. The second kappa shape index (κ2) is 9.53. The number of halogens is 2. The van der Waals surface area contributed by atoms with E-state index in [2.05, 4.69) is 4.98 Å². The second-order valence-electron chi connectivity index (χ2n) is 8.23. The van der Waals surface area contributed by atoms with Gasteiger partial charge in [0, 0.05) is 15.6 Å². The normalized spacial score (nSPS) is 12.1. The third-order valence-electron chi connectivity index (χ3n) is 5.82. The predicted molar refractivity (Wildman–Crippen MR) is 144 cm³/mol. The number of nitrogens with zero attached hydrogens (tertiary/aromatic N) is 2. The molecular formula is C27H22Cl2N2O3S. The van der Waals surface area contributed by atoms with Crippen molar-refractivity contribution in [2.45, 2.75) is 27.4 Å². The molecular weight excluding hydrogens is 503 g/mol. The molecule has 178 valence electrons. The number of benzene rings is 3. The molecule has 0 bridgehead atoms. The molecule has 2 heterocycles. The molecule has 8 heteroatoms. The van der Waals surface area contributed by atoms with Gasteiger partial charge in [-0.05, 0) is 79.9 Å². The molecule has 0 aliphatic heterocycles. The lowest BCUT2D eigenvalue weighted by molar-refractivity contribution is 0.269. The van der Waals surface area contributed by atoms with E-state index in [1.807, 2.05) is 63.2 Å². The largest absolute Gasteiger partial charge is 0.490 e. The lowest BCUT2D eigenvalue weighted by Gasteiger charge is -2.13. The van der Waals surface area contributed by atoms with Gasteiger partial charge in [-0.1, -0.05) is 46.7 Å². The molecule has 0 saturated carbocycles.